The summed E-state index contributed by atoms with van der Waals surface area (Å²) in [5.74, 6) is 1.30. The van der Waals surface area contributed by atoms with Crippen molar-refractivity contribution in [1.82, 2.24) is 29.9 Å². The molecule has 0 radical (unpaired) electrons. The molecule has 1 aliphatic carbocycles. The highest BCUT2D eigenvalue weighted by Gasteiger charge is 2.16. The molecule has 0 aliphatic heterocycles. The molecule has 1 aliphatic rings. The third-order valence-electron chi connectivity index (χ3n) is 4.56. The topological polar surface area (TPSA) is 97.1 Å². The lowest BCUT2D eigenvalue weighted by atomic mass is 9.95. The van der Waals surface area contributed by atoms with Crippen LogP contribution in [0.1, 0.15) is 41.4 Å². The Morgan fingerprint density at radius 2 is 2.04 bits per heavy atom. The molecule has 3 aromatic heterocycles. The van der Waals surface area contributed by atoms with E-state index in [1.807, 2.05) is 19.9 Å². The van der Waals surface area contributed by atoms with E-state index >= 15 is 0 Å². The lowest BCUT2D eigenvalue weighted by Crippen LogP contribution is -2.29. The van der Waals surface area contributed by atoms with Crippen LogP contribution in [0.25, 0.3) is 5.65 Å². The quantitative estimate of drug-likeness (QED) is 0.755. The molecule has 134 valence electrons. The first-order valence-corrected chi connectivity index (χ1v) is 8.82. The zero-order chi connectivity index (χ0) is 18.1. The van der Waals surface area contributed by atoms with Gasteiger partial charge in [0.2, 0.25) is 0 Å². The third kappa shape index (κ3) is 3.22. The number of aryl methyl sites for hydroxylation is 3. The van der Waals surface area contributed by atoms with Crippen molar-refractivity contribution in [3.63, 3.8) is 0 Å². The highest BCUT2D eigenvalue weighted by Crippen LogP contribution is 2.21. The summed E-state index contributed by atoms with van der Waals surface area (Å²) in [5.41, 5.74) is 4.65. The monoisotopic (exact) mass is 351 g/mol. The molecule has 2 amide bonds. The van der Waals surface area contributed by atoms with E-state index in [0.29, 0.717) is 23.0 Å². The second kappa shape index (κ2) is 6.70. The molecular formula is C18H21N7O. The van der Waals surface area contributed by atoms with Gasteiger partial charge in [-0.05, 0) is 57.2 Å². The molecule has 0 bridgehead atoms. The number of anilines is 1. The van der Waals surface area contributed by atoms with Crippen LogP contribution in [-0.2, 0) is 19.4 Å². The number of nitrogens with zero attached hydrogens (tertiary/aromatic N) is 5. The maximum Gasteiger partial charge on any atom is 0.319 e. The Bertz CT molecular complexity index is 979. The van der Waals surface area contributed by atoms with Gasteiger partial charge in [-0.25, -0.2) is 24.3 Å². The molecule has 0 saturated carbocycles. The van der Waals surface area contributed by atoms with Gasteiger partial charge in [0.1, 0.15) is 11.6 Å². The summed E-state index contributed by atoms with van der Waals surface area (Å²) in [4.78, 5) is 25.8. The van der Waals surface area contributed by atoms with Crippen LogP contribution in [0.15, 0.2) is 18.3 Å². The summed E-state index contributed by atoms with van der Waals surface area (Å²) in [6, 6.07) is 3.28. The molecule has 8 heteroatoms. The Labute approximate surface area is 151 Å². The SMILES string of the molecule is Cc1nc2c(NC(=O)NCc3nc(C)c4c(n3)CCCC4)cccn2n1. The van der Waals surface area contributed by atoms with Crippen LogP contribution in [0.5, 0.6) is 0 Å². The molecule has 0 atom stereocenters. The molecule has 3 aromatic rings. The molecule has 2 N–H and O–H groups in total. The highest BCUT2D eigenvalue weighted by molar-refractivity contribution is 5.92. The number of carbonyl (C=O) groups excluding carboxylic acids is 1. The van der Waals surface area contributed by atoms with Crippen LogP contribution >= 0.6 is 0 Å². The molecular weight excluding hydrogens is 330 g/mol. The van der Waals surface area contributed by atoms with Crippen molar-refractivity contribution in [3.05, 3.63) is 46.9 Å². The first-order chi connectivity index (χ1) is 12.6. The van der Waals surface area contributed by atoms with E-state index in [2.05, 4.69) is 30.7 Å². The molecule has 0 saturated heterocycles. The standard InChI is InChI=1S/C18H21N7O/c1-11-13-6-3-4-7-14(13)22-16(20-11)10-19-18(26)23-15-8-5-9-25-17(15)21-12(2)24-25/h5,8-9H,3-4,6-7,10H2,1-2H3,(H2,19,23,26). The van der Waals surface area contributed by atoms with Crippen LogP contribution in [0.2, 0.25) is 0 Å². The number of pyridine rings is 1. The van der Waals surface area contributed by atoms with Gasteiger partial charge in [-0.3, -0.25) is 0 Å². The molecule has 4 rings (SSSR count). The zero-order valence-corrected chi connectivity index (χ0v) is 14.9. The Morgan fingerprint density at radius 1 is 1.19 bits per heavy atom. The fourth-order valence-electron chi connectivity index (χ4n) is 3.36. The zero-order valence-electron chi connectivity index (χ0n) is 14.9. The van der Waals surface area contributed by atoms with E-state index in [0.717, 1.165) is 24.2 Å². The van der Waals surface area contributed by atoms with Crippen LogP contribution in [-0.4, -0.2) is 30.6 Å². The van der Waals surface area contributed by atoms with Crippen molar-refractivity contribution in [3.8, 4) is 0 Å². The summed E-state index contributed by atoms with van der Waals surface area (Å²) in [7, 11) is 0. The van der Waals surface area contributed by atoms with Crippen LogP contribution < -0.4 is 10.6 Å². The smallest absolute Gasteiger partial charge is 0.319 e. The predicted molar refractivity (Wildman–Crippen MR) is 97.0 cm³/mol. The van der Waals surface area contributed by atoms with Gasteiger partial charge in [0, 0.05) is 17.6 Å². The van der Waals surface area contributed by atoms with E-state index in [-0.39, 0.29) is 12.6 Å². The number of aromatic nitrogens is 5. The number of rotatable bonds is 3. The van der Waals surface area contributed by atoms with Crippen molar-refractivity contribution >= 4 is 17.4 Å². The Balaban J connectivity index is 1.45. The van der Waals surface area contributed by atoms with Gasteiger partial charge in [-0.1, -0.05) is 0 Å². The van der Waals surface area contributed by atoms with E-state index in [1.54, 1.807) is 16.8 Å². The molecule has 26 heavy (non-hydrogen) atoms. The highest BCUT2D eigenvalue weighted by atomic mass is 16.2. The Hall–Kier alpha value is -3.03. The minimum atomic E-state index is -0.322. The summed E-state index contributed by atoms with van der Waals surface area (Å²) >= 11 is 0. The number of amides is 2. The first kappa shape index (κ1) is 16.4. The number of hydrogen-bond donors (Lipinski definition) is 2. The molecule has 0 spiro atoms. The number of carbonyl (C=O) groups is 1. The van der Waals surface area contributed by atoms with Gasteiger partial charge in [0.15, 0.2) is 5.65 Å². The lowest BCUT2D eigenvalue weighted by Gasteiger charge is -2.17. The Morgan fingerprint density at radius 3 is 2.92 bits per heavy atom. The maximum absolute atomic E-state index is 12.3. The maximum atomic E-state index is 12.3. The van der Waals surface area contributed by atoms with Crippen LogP contribution in [0, 0.1) is 13.8 Å². The van der Waals surface area contributed by atoms with Crippen molar-refractivity contribution in [2.75, 3.05) is 5.32 Å². The van der Waals surface area contributed by atoms with Gasteiger partial charge in [0.05, 0.1) is 12.2 Å². The molecule has 0 fully saturated rings. The van der Waals surface area contributed by atoms with Gasteiger partial charge < -0.3 is 10.6 Å². The van der Waals surface area contributed by atoms with E-state index in [4.69, 9.17) is 0 Å². The average Bonchev–Trinajstić information content (AvgIpc) is 3.01. The largest absolute Gasteiger partial charge is 0.331 e. The van der Waals surface area contributed by atoms with Crippen molar-refractivity contribution in [2.24, 2.45) is 0 Å². The van der Waals surface area contributed by atoms with Crippen molar-refractivity contribution in [2.45, 2.75) is 46.1 Å². The third-order valence-corrected chi connectivity index (χ3v) is 4.56. The first-order valence-electron chi connectivity index (χ1n) is 8.82. The summed E-state index contributed by atoms with van der Waals surface area (Å²) < 4.78 is 1.64. The van der Waals surface area contributed by atoms with E-state index in [1.165, 1.54) is 18.4 Å². The number of hydrogen-bond acceptors (Lipinski definition) is 5. The summed E-state index contributed by atoms with van der Waals surface area (Å²) in [6.07, 6.45) is 6.20. The summed E-state index contributed by atoms with van der Waals surface area (Å²) in [6.45, 7) is 4.12. The molecule has 0 aromatic carbocycles. The second-order valence-electron chi connectivity index (χ2n) is 6.51. The number of nitrogens with one attached hydrogen (secondary N) is 2. The van der Waals surface area contributed by atoms with Gasteiger partial charge >= 0.3 is 6.03 Å². The van der Waals surface area contributed by atoms with Crippen molar-refractivity contribution in [1.29, 1.82) is 0 Å². The molecule has 8 nitrogen and oxygen atoms in total. The second-order valence-corrected chi connectivity index (χ2v) is 6.51. The minimum absolute atomic E-state index is 0.286. The van der Waals surface area contributed by atoms with E-state index in [9.17, 15) is 4.79 Å². The fraction of sp³-hybridized carbons (Fsp3) is 0.389. The normalized spacial score (nSPS) is 13.5. The number of fused-ring (bicyclic) bond motifs is 2. The van der Waals surface area contributed by atoms with Gasteiger partial charge in [0.25, 0.3) is 0 Å². The lowest BCUT2D eigenvalue weighted by molar-refractivity contribution is 0.251. The molecule has 0 unspecified atom stereocenters. The minimum Gasteiger partial charge on any atom is -0.331 e. The van der Waals surface area contributed by atoms with E-state index < -0.39 is 0 Å². The van der Waals surface area contributed by atoms with Crippen LogP contribution in [0.3, 0.4) is 0 Å². The number of urea groups is 1. The fourth-order valence-corrected chi connectivity index (χ4v) is 3.36. The summed E-state index contributed by atoms with van der Waals surface area (Å²) in [5, 5.41) is 9.88. The average molecular weight is 351 g/mol. The van der Waals surface area contributed by atoms with Crippen molar-refractivity contribution < 1.29 is 4.79 Å². The molecule has 3 heterocycles. The van der Waals surface area contributed by atoms with Crippen LogP contribution in [0.4, 0.5) is 10.5 Å². The van der Waals surface area contributed by atoms with Gasteiger partial charge in [-0.2, -0.15) is 5.10 Å². The predicted octanol–water partition coefficient (Wildman–Crippen LogP) is 2.34. The Kier molecular flexibility index (Phi) is 4.24. The van der Waals surface area contributed by atoms with Gasteiger partial charge in [-0.15, -0.1) is 0 Å².